The Labute approximate surface area is 186 Å². The van der Waals surface area contributed by atoms with Crippen LogP contribution in [-0.2, 0) is 0 Å². The lowest BCUT2D eigenvalue weighted by Crippen LogP contribution is -2.51. The van der Waals surface area contributed by atoms with Gasteiger partial charge in [0.15, 0.2) is 23.1 Å². The minimum Gasteiger partial charge on any atom is -0.493 e. The Morgan fingerprint density at radius 2 is 1.72 bits per heavy atom. The Bertz CT molecular complexity index is 1120. The van der Waals surface area contributed by atoms with Gasteiger partial charge in [-0.15, -0.1) is 10.2 Å². The van der Waals surface area contributed by atoms with Crippen LogP contribution in [0.5, 0.6) is 17.2 Å². The van der Waals surface area contributed by atoms with Crippen molar-refractivity contribution in [3.8, 4) is 28.5 Å². The van der Waals surface area contributed by atoms with E-state index in [4.69, 9.17) is 14.2 Å². The molecule has 164 valence electrons. The van der Waals surface area contributed by atoms with E-state index in [1.54, 1.807) is 26.4 Å². The van der Waals surface area contributed by atoms with Gasteiger partial charge in [-0.05, 0) is 24.3 Å². The van der Waals surface area contributed by atoms with Crippen molar-refractivity contribution >= 4 is 11.6 Å². The molecule has 1 aromatic heterocycles. The molecule has 0 bridgehead atoms. The molecule has 0 saturated carbocycles. The minimum absolute atomic E-state index is 0.0765. The van der Waals surface area contributed by atoms with Crippen molar-refractivity contribution in [1.29, 1.82) is 0 Å². The molecular weight excluding hydrogens is 406 g/mol. The largest absolute Gasteiger partial charge is 0.493 e. The summed E-state index contributed by atoms with van der Waals surface area (Å²) in [5.41, 5.74) is 1.90. The van der Waals surface area contributed by atoms with E-state index in [0.717, 1.165) is 30.2 Å². The van der Waals surface area contributed by atoms with Crippen molar-refractivity contribution in [2.45, 2.75) is 24.9 Å². The summed E-state index contributed by atoms with van der Waals surface area (Å²) in [6, 6.07) is 17.5. The summed E-state index contributed by atoms with van der Waals surface area (Å²) in [4.78, 5) is 15.1. The zero-order valence-electron chi connectivity index (χ0n) is 18.2. The molecule has 0 radical (unpaired) electrons. The van der Waals surface area contributed by atoms with Crippen molar-refractivity contribution < 1.29 is 19.0 Å². The van der Waals surface area contributed by atoms with Gasteiger partial charge < -0.3 is 19.1 Å². The van der Waals surface area contributed by atoms with E-state index < -0.39 is 5.60 Å². The topological polar surface area (TPSA) is 73.8 Å². The number of Topliss-reactive ketones (excluding diaryl/α,β-unsaturated/α-hetero) is 1. The van der Waals surface area contributed by atoms with E-state index in [1.807, 2.05) is 42.5 Å². The van der Waals surface area contributed by atoms with Gasteiger partial charge in [0, 0.05) is 31.5 Å². The quantitative estimate of drug-likeness (QED) is 0.614. The third kappa shape index (κ3) is 3.53. The third-order valence-electron chi connectivity index (χ3n) is 6.32. The molecule has 2 aliphatic rings. The van der Waals surface area contributed by atoms with Crippen LogP contribution in [0.4, 0.5) is 5.82 Å². The van der Waals surface area contributed by atoms with E-state index in [9.17, 15) is 4.79 Å². The van der Waals surface area contributed by atoms with E-state index in [0.29, 0.717) is 42.1 Å². The summed E-state index contributed by atoms with van der Waals surface area (Å²) in [6.07, 6.45) is 1.78. The van der Waals surface area contributed by atoms with Crippen LogP contribution in [-0.4, -0.2) is 48.9 Å². The maximum Gasteiger partial charge on any atom is 0.204 e. The molecule has 32 heavy (non-hydrogen) atoms. The van der Waals surface area contributed by atoms with Crippen LogP contribution >= 0.6 is 0 Å². The Morgan fingerprint density at radius 3 is 2.38 bits per heavy atom. The number of hydrogen-bond donors (Lipinski definition) is 0. The molecule has 7 nitrogen and oxygen atoms in total. The molecule has 0 N–H and O–H groups in total. The van der Waals surface area contributed by atoms with Crippen molar-refractivity contribution in [1.82, 2.24) is 10.2 Å². The summed E-state index contributed by atoms with van der Waals surface area (Å²) in [5.74, 6) is 2.43. The smallest absolute Gasteiger partial charge is 0.204 e. The normalized spacial score (nSPS) is 16.9. The lowest BCUT2D eigenvalue weighted by Gasteiger charge is -2.44. The van der Waals surface area contributed by atoms with Gasteiger partial charge in [-0.2, -0.15) is 0 Å². The SMILES string of the molecule is COc1ccc2c(c1OC)OC1(CCN(c3ccc(-c4ccccc4)nn3)CC1)CC2=O. The minimum atomic E-state index is -0.544. The number of hydrogen-bond acceptors (Lipinski definition) is 7. The average Bonchev–Trinajstić information content (AvgIpc) is 2.84. The molecular formula is C25H25N3O4. The molecule has 0 unspecified atom stereocenters. The molecule has 3 aromatic rings. The first kappa shape index (κ1) is 20.3. The average molecular weight is 431 g/mol. The third-order valence-corrected chi connectivity index (χ3v) is 6.32. The Balaban J connectivity index is 1.33. The maximum absolute atomic E-state index is 12.9. The summed E-state index contributed by atoms with van der Waals surface area (Å²) >= 11 is 0. The predicted molar refractivity (Wildman–Crippen MR) is 121 cm³/mol. The van der Waals surface area contributed by atoms with Crippen LogP contribution in [0.15, 0.2) is 54.6 Å². The molecule has 2 aliphatic heterocycles. The van der Waals surface area contributed by atoms with Gasteiger partial charge in [0.25, 0.3) is 0 Å². The summed E-state index contributed by atoms with van der Waals surface area (Å²) in [6.45, 7) is 1.46. The zero-order chi connectivity index (χ0) is 22.1. The van der Waals surface area contributed by atoms with Crippen molar-refractivity contribution in [2.24, 2.45) is 0 Å². The fourth-order valence-electron chi connectivity index (χ4n) is 4.54. The first-order valence-electron chi connectivity index (χ1n) is 10.7. The molecule has 1 saturated heterocycles. The number of aromatic nitrogens is 2. The first-order valence-corrected chi connectivity index (χ1v) is 10.7. The van der Waals surface area contributed by atoms with Crippen LogP contribution in [0.25, 0.3) is 11.3 Å². The number of fused-ring (bicyclic) bond motifs is 1. The number of rotatable bonds is 4. The van der Waals surface area contributed by atoms with Gasteiger partial charge in [0.1, 0.15) is 5.60 Å². The molecule has 0 amide bonds. The highest BCUT2D eigenvalue weighted by atomic mass is 16.5. The Morgan fingerprint density at radius 1 is 0.938 bits per heavy atom. The lowest BCUT2D eigenvalue weighted by atomic mass is 9.82. The van der Waals surface area contributed by atoms with Gasteiger partial charge in [0.05, 0.1) is 31.9 Å². The Hall–Kier alpha value is -3.61. The molecule has 0 aliphatic carbocycles. The van der Waals surface area contributed by atoms with Gasteiger partial charge in [-0.25, -0.2) is 0 Å². The van der Waals surface area contributed by atoms with E-state index in [2.05, 4.69) is 15.1 Å². The molecule has 7 heteroatoms. The number of carbonyl (C=O) groups is 1. The molecule has 2 aromatic carbocycles. The lowest BCUT2D eigenvalue weighted by molar-refractivity contribution is 0.0207. The molecule has 3 heterocycles. The standard InChI is InChI=1S/C25H25N3O4/c1-30-21-10-8-18-20(29)16-25(32-23(18)24(21)31-2)12-14-28(15-13-25)22-11-9-19(26-27-22)17-6-4-3-5-7-17/h3-11H,12-16H2,1-2H3. The predicted octanol–water partition coefficient (Wildman–Crippen LogP) is 4.17. The van der Waals surface area contributed by atoms with Crippen molar-refractivity contribution in [3.05, 3.63) is 60.2 Å². The number of benzene rings is 2. The number of ketones is 1. The fourth-order valence-corrected chi connectivity index (χ4v) is 4.54. The second-order valence-corrected chi connectivity index (χ2v) is 8.19. The van der Waals surface area contributed by atoms with Gasteiger partial charge in [-0.3, -0.25) is 4.79 Å². The van der Waals surface area contributed by atoms with Crippen LogP contribution in [0.3, 0.4) is 0 Å². The number of carbonyl (C=O) groups excluding carboxylic acids is 1. The van der Waals surface area contributed by atoms with Gasteiger partial charge >= 0.3 is 0 Å². The number of piperidine rings is 1. The van der Waals surface area contributed by atoms with E-state index in [-0.39, 0.29) is 5.78 Å². The van der Waals surface area contributed by atoms with E-state index >= 15 is 0 Å². The van der Waals surface area contributed by atoms with Crippen LogP contribution < -0.4 is 19.1 Å². The van der Waals surface area contributed by atoms with Crippen LogP contribution in [0.2, 0.25) is 0 Å². The highest BCUT2D eigenvalue weighted by Gasteiger charge is 2.44. The highest BCUT2D eigenvalue weighted by molar-refractivity contribution is 6.01. The van der Waals surface area contributed by atoms with E-state index in [1.165, 1.54) is 0 Å². The number of nitrogens with zero attached hydrogens (tertiary/aromatic N) is 3. The molecule has 0 atom stereocenters. The summed E-state index contributed by atoms with van der Waals surface area (Å²) < 4.78 is 17.4. The van der Waals surface area contributed by atoms with Crippen LogP contribution in [0.1, 0.15) is 29.6 Å². The van der Waals surface area contributed by atoms with Crippen molar-refractivity contribution in [3.63, 3.8) is 0 Å². The highest BCUT2D eigenvalue weighted by Crippen LogP contribution is 2.48. The maximum atomic E-state index is 12.9. The zero-order valence-corrected chi connectivity index (χ0v) is 18.2. The van der Waals surface area contributed by atoms with Gasteiger partial charge in [0.2, 0.25) is 5.75 Å². The molecule has 5 rings (SSSR count). The number of anilines is 1. The van der Waals surface area contributed by atoms with Gasteiger partial charge in [-0.1, -0.05) is 30.3 Å². The first-order chi connectivity index (χ1) is 15.6. The molecule has 1 fully saturated rings. The number of ether oxygens (including phenoxy) is 3. The van der Waals surface area contributed by atoms with Crippen molar-refractivity contribution in [2.75, 3.05) is 32.2 Å². The van der Waals surface area contributed by atoms with Crippen LogP contribution in [0, 0.1) is 0 Å². The summed E-state index contributed by atoms with van der Waals surface area (Å²) in [7, 11) is 3.14. The summed E-state index contributed by atoms with van der Waals surface area (Å²) in [5, 5.41) is 8.85. The monoisotopic (exact) mass is 431 g/mol. The Kier molecular flexibility index (Phi) is 5.17. The second-order valence-electron chi connectivity index (χ2n) is 8.19. The fraction of sp³-hybridized carbons (Fsp3) is 0.320. The molecule has 1 spiro atoms. The number of methoxy groups -OCH3 is 2. The second kappa shape index (κ2) is 8.15.